The second kappa shape index (κ2) is 12.6. The molecule has 2 aromatic carbocycles. The molecule has 0 aromatic heterocycles. The van der Waals surface area contributed by atoms with Crippen molar-refractivity contribution in [1.82, 2.24) is 5.32 Å². The van der Waals surface area contributed by atoms with E-state index in [9.17, 15) is 46.5 Å². The number of hydrogen-bond donors (Lipinski definition) is 4. The molecule has 0 saturated carbocycles. The van der Waals surface area contributed by atoms with Crippen LogP contribution in [0.2, 0.25) is 0 Å². The van der Waals surface area contributed by atoms with Gasteiger partial charge in [0.05, 0.1) is 45.1 Å². The van der Waals surface area contributed by atoms with Crippen LogP contribution in [0.3, 0.4) is 0 Å². The minimum Gasteiger partial charge on any atom is -0.507 e. The number of carbonyl (C=O) groups excluding carboxylic acids is 3. The number of Topliss-reactive ketones (excluding diaryl/α,β-unsaturated/α-hetero) is 1. The van der Waals surface area contributed by atoms with Crippen molar-refractivity contribution in [1.29, 1.82) is 0 Å². The van der Waals surface area contributed by atoms with Crippen LogP contribution < -0.4 is 5.32 Å². The van der Waals surface area contributed by atoms with E-state index in [0.29, 0.717) is 12.5 Å². The van der Waals surface area contributed by atoms with Crippen molar-refractivity contribution in [3.8, 4) is 11.5 Å². The third-order valence-corrected chi connectivity index (χ3v) is 9.16. The Balaban J connectivity index is 1.57. The number of carbonyl (C=O) groups is 3. The molecular weight excluding hydrogens is 662 g/mol. The second-order valence-electron chi connectivity index (χ2n) is 11.7. The number of nitrogens with one attached hydrogen (secondary N) is 1. The summed E-state index contributed by atoms with van der Waals surface area (Å²) in [5, 5.41) is 36.7. The fraction of sp³-hybridized carbons (Fsp3) is 0.500. The summed E-state index contributed by atoms with van der Waals surface area (Å²) in [6.45, 7) is -4.51. The van der Waals surface area contributed by atoms with Crippen molar-refractivity contribution >= 4 is 37.6 Å². The zero-order valence-corrected chi connectivity index (χ0v) is 27.1. The first-order valence-electron chi connectivity index (χ1n) is 16.2. The highest BCUT2D eigenvalue weighted by atomic mass is 32.2. The minimum absolute atomic E-state index is 0.0460. The fourth-order valence-corrected chi connectivity index (χ4v) is 6.97. The van der Waals surface area contributed by atoms with E-state index >= 15 is 0 Å². The van der Waals surface area contributed by atoms with E-state index < -0.39 is 129 Å². The van der Waals surface area contributed by atoms with Crippen LogP contribution in [0.1, 0.15) is 81.2 Å². The largest absolute Gasteiger partial charge is 0.507 e. The third-order valence-electron chi connectivity index (χ3n) is 8.21. The lowest BCUT2D eigenvalue weighted by Gasteiger charge is -2.43. The predicted molar refractivity (Wildman–Crippen MR) is 162 cm³/mol. The summed E-state index contributed by atoms with van der Waals surface area (Å²) >= 11 is 0. The molecule has 256 valence electrons. The number of benzene rings is 2. The van der Waals surface area contributed by atoms with Crippen molar-refractivity contribution in [2.75, 3.05) is 25.6 Å². The molecule has 15 nitrogen and oxygen atoms in total. The number of ether oxygens (including phenoxy) is 2. The highest BCUT2D eigenvalue weighted by Gasteiger charge is 2.49. The summed E-state index contributed by atoms with van der Waals surface area (Å²) in [4.78, 5) is 39.9. The summed E-state index contributed by atoms with van der Waals surface area (Å²) < 4.78 is 102. The Morgan fingerprint density at radius 2 is 1.66 bits per heavy atom. The first-order chi connectivity index (χ1) is 23.3. The van der Waals surface area contributed by atoms with Gasteiger partial charge in [0.15, 0.2) is 23.6 Å². The normalized spacial score (nSPS) is 29.4. The SMILES string of the molecule is [2H]C([2H])(N[C@H]1C[C@H](OC2C[C@](O)(C(C)=O)Cc3c(O)c4c(c(O)c32)C(=O)c2ccccc2C4=O)O[C@@H](C)[C@H]1OS(C)(=O)=O)C([2H])([2H])OS(C)(=O)=O. The van der Waals surface area contributed by atoms with Crippen molar-refractivity contribution in [2.45, 2.75) is 69.4 Å². The molecule has 3 aliphatic rings. The zero-order valence-electron chi connectivity index (χ0n) is 29.5. The molecule has 0 spiro atoms. The molecule has 1 saturated heterocycles. The lowest BCUT2D eigenvalue weighted by atomic mass is 9.72. The van der Waals surface area contributed by atoms with Crippen molar-refractivity contribution in [3.63, 3.8) is 0 Å². The van der Waals surface area contributed by atoms with E-state index in [2.05, 4.69) is 9.50 Å². The summed E-state index contributed by atoms with van der Waals surface area (Å²) in [7, 11) is -8.81. The summed E-state index contributed by atoms with van der Waals surface area (Å²) in [6, 6.07) is 4.19. The molecule has 4 N–H and O–H groups in total. The predicted octanol–water partition coefficient (Wildman–Crippen LogP) is 0.611. The lowest BCUT2D eigenvalue weighted by molar-refractivity contribution is -0.246. The molecule has 17 heteroatoms. The number of ketones is 3. The highest BCUT2D eigenvalue weighted by Crippen LogP contribution is 2.52. The Morgan fingerprint density at radius 1 is 1.06 bits per heavy atom. The number of phenols is 2. The summed E-state index contributed by atoms with van der Waals surface area (Å²) in [5.41, 5.74) is -3.97. The Bertz CT molecular complexity index is 2040. The molecule has 0 radical (unpaired) electrons. The van der Waals surface area contributed by atoms with Gasteiger partial charge in [-0.15, -0.1) is 0 Å². The van der Waals surface area contributed by atoms with Crippen LogP contribution in [-0.4, -0.2) is 105 Å². The van der Waals surface area contributed by atoms with Crippen molar-refractivity contribution in [2.24, 2.45) is 0 Å². The maximum Gasteiger partial charge on any atom is 0.264 e. The molecule has 1 unspecified atom stereocenters. The van der Waals surface area contributed by atoms with Crippen LogP contribution in [0.25, 0.3) is 0 Å². The number of aromatic hydroxyl groups is 2. The van der Waals surface area contributed by atoms with Gasteiger partial charge >= 0.3 is 0 Å². The van der Waals surface area contributed by atoms with Crippen LogP contribution in [0.5, 0.6) is 11.5 Å². The average molecular weight is 702 g/mol. The summed E-state index contributed by atoms with van der Waals surface area (Å²) in [6.07, 6.45) is -6.52. The molecule has 0 bridgehead atoms. The van der Waals surface area contributed by atoms with Gasteiger partial charge in [0.2, 0.25) is 0 Å². The lowest BCUT2D eigenvalue weighted by Crippen LogP contribution is -2.56. The average Bonchev–Trinajstić information content (AvgIpc) is 2.97. The van der Waals surface area contributed by atoms with Crippen molar-refractivity contribution < 1.29 is 69.9 Å². The Labute approximate surface area is 276 Å². The number of aliphatic hydroxyl groups is 1. The van der Waals surface area contributed by atoms with Gasteiger partial charge in [-0.1, -0.05) is 24.3 Å². The van der Waals surface area contributed by atoms with Gasteiger partial charge in [0.1, 0.15) is 23.2 Å². The number of phenolic OH excluding ortho intramolecular Hbond substituents is 2. The van der Waals surface area contributed by atoms with E-state index in [1.54, 1.807) is 0 Å². The maximum absolute atomic E-state index is 13.6. The maximum atomic E-state index is 13.6. The van der Waals surface area contributed by atoms with Gasteiger partial charge < -0.3 is 30.1 Å². The highest BCUT2D eigenvalue weighted by molar-refractivity contribution is 7.86. The van der Waals surface area contributed by atoms with Crippen LogP contribution in [0.15, 0.2) is 24.3 Å². The number of fused-ring (bicyclic) bond motifs is 3. The minimum atomic E-state index is -4.55. The molecule has 5 rings (SSSR count). The molecular formula is C30H35NO14S2. The first-order valence-corrected chi connectivity index (χ1v) is 17.8. The van der Waals surface area contributed by atoms with E-state index in [1.165, 1.54) is 31.2 Å². The Morgan fingerprint density at radius 3 is 2.21 bits per heavy atom. The quantitative estimate of drug-likeness (QED) is 0.168. The Hall–Kier alpha value is -3.29. The molecule has 2 aliphatic carbocycles. The Kier molecular flexibility index (Phi) is 8.01. The molecule has 47 heavy (non-hydrogen) atoms. The number of rotatable bonds is 10. The van der Waals surface area contributed by atoms with Gasteiger partial charge in [0.25, 0.3) is 20.2 Å². The topological polar surface area (TPSA) is 229 Å². The fourth-order valence-electron chi connectivity index (χ4n) is 6.09. The summed E-state index contributed by atoms with van der Waals surface area (Å²) in [5.74, 6) is -3.94. The van der Waals surface area contributed by atoms with Gasteiger partial charge in [-0.25, -0.2) is 0 Å². The number of hydrogen-bond acceptors (Lipinski definition) is 15. The van der Waals surface area contributed by atoms with Crippen LogP contribution >= 0.6 is 0 Å². The molecule has 1 aliphatic heterocycles. The van der Waals surface area contributed by atoms with Gasteiger partial charge in [-0.3, -0.25) is 22.7 Å². The van der Waals surface area contributed by atoms with E-state index in [4.69, 9.17) is 19.1 Å². The molecule has 6 atom stereocenters. The molecule has 1 fully saturated rings. The molecule has 1 heterocycles. The first kappa shape index (κ1) is 29.8. The van der Waals surface area contributed by atoms with Crippen LogP contribution in [0.4, 0.5) is 0 Å². The third kappa shape index (κ3) is 6.98. The molecule has 0 amide bonds. The van der Waals surface area contributed by atoms with E-state index in [-0.39, 0.29) is 22.3 Å². The van der Waals surface area contributed by atoms with Crippen LogP contribution in [0, 0.1) is 0 Å². The standard InChI is InChI=1S/C30H35NO14S2/c1-14-29(45-47(4,40)41)19(31-9-10-42-46(3,38)39)11-21(43-14)44-20-13-30(37,15(2)32)12-18-22(20)28(36)24-23(27(18)35)25(33)16-7-5-6-8-17(16)26(24)34/h5-8,14,19-21,29,31,35-37H,9-13H2,1-4H3/t14-,19-,20?,21-,29+,30-/m0/s1/i9D2,10D2. The van der Waals surface area contributed by atoms with Crippen LogP contribution in [-0.2, 0) is 49.3 Å². The van der Waals surface area contributed by atoms with Gasteiger partial charge in [-0.2, -0.15) is 16.8 Å². The van der Waals surface area contributed by atoms with Gasteiger partial charge in [0, 0.05) is 56.8 Å². The smallest absolute Gasteiger partial charge is 0.264 e. The van der Waals surface area contributed by atoms with E-state index in [1.807, 2.05) is 0 Å². The molecule has 2 aromatic rings. The second-order valence-corrected chi connectivity index (χ2v) is 14.8. The van der Waals surface area contributed by atoms with Gasteiger partial charge in [-0.05, 0) is 13.8 Å². The van der Waals surface area contributed by atoms with E-state index in [0.717, 1.165) is 6.92 Å². The van der Waals surface area contributed by atoms with Crippen molar-refractivity contribution in [3.05, 3.63) is 57.6 Å². The zero-order chi connectivity index (χ0) is 38.2. The monoisotopic (exact) mass is 701 g/mol.